The molecule has 0 aliphatic heterocycles. The summed E-state index contributed by atoms with van der Waals surface area (Å²) in [5.41, 5.74) is 0.924. The second-order valence-electron chi connectivity index (χ2n) is 3.68. The Hall–Kier alpha value is -0.930. The van der Waals surface area contributed by atoms with E-state index in [1.54, 1.807) is 13.0 Å². The van der Waals surface area contributed by atoms with Gasteiger partial charge in [0.1, 0.15) is 5.82 Å². The predicted molar refractivity (Wildman–Crippen MR) is 54.4 cm³/mol. The van der Waals surface area contributed by atoms with Crippen molar-refractivity contribution in [1.29, 1.82) is 0 Å². The van der Waals surface area contributed by atoms with E-state index in [1.807, 2.05) is 18.0 Å². The van der Waals surface area contributed by atoms with Crippen LogP contribution in [0, 0.1) is 5.82 Å². The molecule has 0 heterocycles. The minimum atomic E-state index is -0.353. The monoisotopic (exact) mass is 197 g/mol. The second kappa shape index (κ2) is 5.08. The van der Waals surface area contributed by atoms with E-state index < -0.39 is 0 Å². The van der Waals surface area contributed by atoms with E-state index >= 15 is 0 Å². The first-order valence-electron chi connectivity index (χ1n) is 4.69. The van der Waals surface area contributed by atoms with E-state index in [0.29, 0.717) is 13.1 Å². The highest BCUT2D eigenvalue weighted by Gasteiger charge is 2.04. The van der Waals surface area contributed by atoms with Crippen LogP contribution in [0.1, 0.15) is 12.5 Å². The normalized spacial score (nSPS) is 13.2. The lowest BCUT2D eigenvalue weighted by Crippen LogP contribution is -2.26. The van der Waals surface area contributed by atoms with Crippen LogP contribution in [0.25, 0.3) is 0 Å². The van der Waals surface area contributed by atoms with E-state index in [2.05, 4.69) is 0 Å². The maximum Gasteiger partial charge on any atom is 0.123 e. The summed E-state index contributed by atoms with van der Waals surface area (Å²) in [6, 6.07) is 6.51. The van der Waals surface area contributed by atoms with Gasteiger partial charge in [-0.3, -0.25) is 4.90 Å². The number of halogens is 1. The molecule has 3 heteroatoms. The van der Waals surface area contributed by atoms with E-state index in [4.69, 9.17) is 5.11 Å². The zero-order valence-electron chi connectivity index (χ0n) is 8.57. The average Bonchev–Trinajstić information content (AvgIpc) is 2.01. The Bertz CT molecular complexity index is 288. The molecular formula is C11H16FNO. The number of hydrogen-bond acceptors (Lipinski definition) is 2. The Kier molecular flexibility index (Phi) is 4.04. The molecule has 0 spiro atoms. The van der Waals surface area contributed by atoms with Gasteiger partial charge >= 0.3 is 0 Å². The summed E-state index contributed by atoms with van der Waals surface area (Å²) in [5.74, 6) is -0.215. The summed E-state index contributed by atoms with van der Waals surface area (Å²) in [4.78, 5) is 1.96. The minimum Gasteiger partial charge on any atom is -0.392 e. The largest absolute Gasteiger partial charge is 0.392 e. The van der Waals surface area contributed by atoms with Gasteiger partial charge in [0.15, 0.2) is 0 Å². The molecule has 0 saturated carbocycles. The van der Waals surface area contributed by atoms with Crippen molar-refractivity contribution < 1.29 is 9.50 Å². The van der Waals surface area contributed by atoms with Crippen molar-refractivity contribution in [2.24, 2.45) is 0 Å². The quantitative estimate of drug-likeness (QED) is 0.793. The second-order valence-corrected chi connectivity index (χ2v) is 3.68. The maximum atomic E-state index is 12.8. The fourth-order valence-electron chi connectivity index (χ4n) is 1.46. The first-order valence-corrected chi connectivity index (χ1v) is 4.69. The van der Waals surface area contributed by atoms with Crippen molar-refractivity contribution in [2.45, 2.75) is 19.6 Å². The van der Waals surface area contributed by atoms with Gasteiger partial charge in [0.05, 0.1) is 6.10 Å². The third kappa shape index (κ3) is 3.85. The van der Waals surface area contributed by atoms with Crippen molar-refractivity contribution in [3.8, 4) is 0 Å². The van der Waals surface area contributed by atoms with Crippen molar-refractivity contribution in [3.63, 3.8) is 0 Å². The topological polar surface area (TPSA) is 23.5 Å². The Morgan fingerprint density at radius 1 is 1.50 bits per heavy atom. The summed E-state index contributed by atoms with van der Waals surface area (Å²) < 4.78 is 12.8. The Morgan fingerprint density at radius 2 is 2.21 bits per heavy atom. The summed E-state index contributed by atoms with van der Waals surface area (Å²) in [6.07, 6.45) is -0.353. The van der Waals surface area contributed by atoms with Crippen LogP contribution in [0.15, 0.2) is 24.3 Å². The van der Waals surface area contributed by atoms with Gasteiger partial charge in [0.2, 0.25) is 0 Å². The Balaban J connectivity index is 2.51. The lowest BCUT2D eigenvalue weighted by molar-refractivity contribution is 0.138. The number of aliphatic hydroxyl groups is 1. The molecule has 0 aliphatic carbocycles. The van der Waals surface area contributed by atoms with Gasteiger partial charge in [-0.05, 0) is 31.7 Å². The van der Waals surface area contributed by atoms with Crippen LogP contribution in [-0.2, 0) is 6.54 Å². The smallest absolute Gasteiger partial charge is 0.123 e. The van der Waals surface area contributed by atoms with Crippen LogP contribution in [0.5, 0.6) is 0 Å². The van der Waals surface area contributed by atoms with E-state index in [-0.39, 0.29) is 11.9 Å². The number of hydrogen-bond donors (Lipinski definition) is 1. The molecule has 0 bridgehead atoms. The predicted octanol–water partition coefficient (Wildman–Crippen LogP) is 1.64. The van der Waals surface area contributed by atoms with Gasteiger partial charge < -0.3 is 5.11 Å². The summed E-state index contributed by atoms with van der Waals surface area (Å²) in [7, 11) is 1.90. The van der Waals surface area contributed by atoms with Crippen molar-refractivity contribution in [3.05, 3.63) is 35.6 Å². The van der Waals surface area contributed by atoms with Crippen molar-refractivity contribution >= 4 is 0 Å². The molecule has 0 radical (unpaired) electrons. The van der Waals surface area contributed by atoms with Gasteiger partial charge in [-0.25, -0.2) is 4.39 Å². The third-order valence-electron chi connectivity index (χ3n) is 1.92. The van der Waals surface area contributed by atoms with Gasteiger partial charge in [-0.2, -0.15) is 0 Å². The number of rotatable bonds is 4. The molecule has 1 atom stereocenters. The fourth-order valence-corrected chi connectivity index (χ4v) is 1.46. The molecule has 0 fully saturated rings. The van der Waals surface area contributed by atoms with Gasteiger partial charge in [-0.1, -0.05) is 12.1 Å². The maximum absolute atomic E-state index is 12.8. The van der Waals surface area contributed by atoms with Gasteiger partial charge in [0, 0.05) is 13.1 Å². The molecule has 1 rings (SSSR count). The number of aliphatic hydroxyl groups excluding tert-OH is 1. The van der Waals surface area contributed by atoms with Crippen LogP contribution >= 0.6 is 0 Å². The van der Waals surface area contributed by atoms with Crippen LogP contribution in [0.2, 0.25) is 0 Å². The lowest BCUT2D eigenvalue weighted by Gasteiger charge is -2.18. The number of likely N-dealkylation sites (N-methyl/N-ethyl adjacent to an activating group) is 1. The first-order chi connectivity index (χ1) is 6.58. The zero-order chi connectivity index (χ0) is 10.6. The molecule has 0 unspecified atom stereocenters. The Morgan fingerprint density at radius 3 is 2.79 bits per heavy atom. The summed E-state index contributed by atoms with van der Waals surface area (Å²) >= 11 is 0. The Labute approximate surface area is 84.0 Å². The third-order valence-corrected chi connectivity index (χ3v) is 1.92. The molecule has 1 N–H and O–H groups in total. The number of benzene rings is 1. The van der Waals surface area contributed by atoms with E-state index in [0.717, 1.165) is 5.56 Å². The van der Waals surface area contributed by atoms with Crippen LogP contribution in [-0.4, -0.2) is 29.7 Å². The summed E-state index contributed by atoms with van der Waals surface area (Å²) in [5, 5.41) is 9.14. The highest BCUT2D eigenvalue weighted by atomic mass is 19.1. The molecule has 0 aromatic heterocycles. The van der Waals surface area contributed by atoms with Gasteiger partial charge in [-0.15, -0.1) is 0 Å². The molecule has 78 valence electrons. The lowest BCUT2D eigenvalue weighted by atomic mass is 10.2. The molecular weight excluding hydrogens is 181 g/mol. The molecule has 0 amide bonds. The molecule has 0 aliphatic rings. The molecule has 0 saturated heterocycles. The highest BCUT2D eigenvalue weighted by Crippen LogP contribution is 2.06. The zero-order valence-corrected chi connectivity index (χ0v) is 8.57. The molecule has 1 aromatic rings. The first kappa shape index (κ1) is 11.1. The van der Waals surface area contributed by atoms with Crippen LogP contribution in [0.4, 0.5) is 4.39 Å². The summed E-state index contributed by atoms with van der Waals surface area (Å²) in [6.45, 7) is 2.99. The van der Waals surface area contributed by atoms with Crippen LogP contribution < -0.4 is 0 Å². The standard InChI is InChI=1S/C11H16FNO/c1-9(14)7-13(2)8-10-4-3-5-11(12)6-10/h3-6,9,14H,7-8H2,1-2H3/t9-/m1/s1. The number of nitrogens with zero attached hydrogens (tertiary/aromatic N) is 1. The molecule has 2 nitrogen and oxygen atoms in total. The molecule has 14 heavy (non-hydrogen) atoms. The highest BCUT2D eigenvalue weighted by molar-refractivity contribution is 5.15. The minimum absolute atomic E-state index is 0.215. The fraction of sp³-hybridized carbons (Fsp3) is 0.455. The van der Waals surface area contributed by atoms with E-state index in [1.165, 1.54) is 12.1 Å². The van der Waals surface area contributed by atoms with Crippen molar-refractivity contribution in [1.82, 2.24) is 4.90 Å². The van der Waals surface area contributed by atoms with Crippen LogP contribution in [0.3, 0.4) is 0 Å². The van der Waals surface area contributed by atoms with E-state index in [9.17, 15) is 4.39 Å². The molecule has 1 aromatic carbocycles. The van der Waals surface area contributed by atoms with Crippen molar-refractivity contribution in [2.75, 3.05) is 13.6 Å². The van der Waals surface area contributed by atoms with Gasteiger partial charge in [0.25, 0.3) is 0 Å². The average molecular weight is 197 g/mol. The SMILES string of the molecule is C[C@@H](O)CN(C)Cc1cccc(F)c1.